The molecule has 0 heterocycles. The second-order valence-corrected chi connectivity index (χ2v) is 10.6. The number of nitrogens with one attached hydrogen (secondary N) is 2. The van der Waals surface area contributed by atoms with E-state index in [0.717, 1.165) is 0 Å². The second-order valence-electron chi connectivity index (χ2n) is 8.37. The van der Waals surface area contributed by atoms with Crippen molar-refractivity contribution in [3.8, 4) is 0 Å². The minimum atomic E-state index is -1.47. The third kappa shape index (κ3) is 4.83. The first-order valence-corrected chi connectivity index (χ1v) is 12.1. The standard InChI is InChI=1S/C26H18Cl4F2N2O2/c1-14(31)19-10-15(2-8-21(19)27)23-25(13-35,26(23,29)30)12-33-18-7-9-22(28)20(11-18)24(36)34-17-5-3-16(32)4-6-17/h2-11,13,23,33H,1,12H2,(H,34,36). The first-order chi connectivity index (χ1) is 17.0. The lowest BCUT2D eigenvalue weighted by atomic mass is 9.98. The molecule has 1 saturated carbocycles. The number of benzene rings is 3. The van der Waals surface area contributed by atoms with Gasteiger partial charge >= 0.3 is 0 Å². The number of halogens is 6. The van der Waals surface area contributed by atoms with E-state index in [1.54, 1.807) is 12.1 Å². The Bertz CT molecular complexity index is 1360. The Morgan fingerprint density at radius 3 is 2.22 bits per heavy atom. The van der Waals surface area contributed by atoms with Crippen molar-refractivity contribution in [1.29, 1.82) is 0 Å². The minimum absolute atomic E-state index is 0.0172. The quantitative estimate of drug-likeness (QED) is 0.214. The van der Waals surface area contributed by atoms with Crippen LogP contribution in [0.5, 0.6) is 0 Å². The molecule has 0 radical (unpaired) electrons. The van der Waals surface area contributed by atoms with E-state index in [4.69, 9.17) is 46.4 Å². The number of alkyl halides is 2. The lowest BCUT2D eigenvalue weighted by molar-refractivity contribution is -0.112. The summed E-state index contributed by atoms with van der Waals surface area (Å²) in [4.78, 5) is 24.9. The molecule has 2 N–H and O–H groups in total. The fraction of sp³-hybridized carbons (Fsp3) is 0.154. The van der Waals surface area contributed by atoms with Crippen molar-refractivity contribution in [2.75, 3.05) is 17.2 Å². The van der Waals surface area contributed by atoms with Crippen LogP contribution < -0.4 is 10.6 Å². The molecular weight excluding hydrogens is 552 g/mol. The monoisotopic (exact) mass is 568 g/mol. The summed E-state index contributed by atoms with van der Waals surface area (Å²) >= 11 is 25.3. The van der Waals surface area contributed by atoms with E-state index in [9.17, 15) is 18.4 Å². The normalized spacial score (nSPS) is 19.9. The molecule has 0 aromatic heterocycles. The Labute approximate surface area is 226 Å². The van der Waals surface area contributed by atoms with E-state index in [-0.39, 0.29) is 27.7 Å². The van der Waals surface area contributed by atoms with Gasteiger partial charge in [-0.05, 0) is 60.2 Å². The van der Waals surface area contributed by atoms with Gasteiger partial charge in [-0.15, -0.1) is 0 Å². The van der Waals surface area contributed by atoms with Gasteiger partial charge in [0, 0.05) is 29.4 Å². The summed E-state index contributed by atoms with van der Waals surface area (Å²) in [5, 5.41) is 6.10. The molecule has 0 bridgehead atoms. The number of rotatable bonds is 8. The minimum Gasteiger partial charge on any atom is -0.384 e. The molecule has 10 heteroatoms. The molecule has 0 saturated heterocycles. The van der Waals surface area contributed by atoms with E-state index >= 15 is 0 Å². The molecule has 0 aliphatic heterocycles. The predicted molar refractivity (Wildman–Crippen MR) is 142 cm³/mol. The molecular formula is C26H18Cl4F2N2O2. The van der Waals surface area contributed by atoms with Crippen LogP contribution in [-0.2, 0) is 4.79 Å². The number of amides is 1. The predicted octanol–water partition coefficient (Wildman–Crippen LogP) is 7.89. The van der Waals surface area contributed by atoms with Crippen LogP contribution in [0.3, 0.4) is 0 Å². The van der Waals surface area contributed by atoms with Crippen LogP contribution >= 0.6 is 46.4 Å². The lowest BCUT2D eigenvalue weighted by Crippen LogP contribution is -2.23. The van der Waals surface area contributed by atoms with Gasteiger partial charge in [0.05, 0.1) is 21.0 Å². The van der Waals surface area contributed by atoms with Crippen LogP contribution in [0.2, 0.25) is 10.0 Å². The van der Waals surface area contributed by atoms with Crippen molar-refractivity contribution in [3.63, 3.8) is 0 Å². The number of carbonyl (C=O) groups excluding carboxylic acids is 2. The van der Waals surface area contributed by atoms with E-state index in [2.05, 4.69) is 17.2 Å². The van der Waals surface area contributed by atoms with Crippen molar-refractivity contribution in [2.24, 2.45) is 5.41 Å². The smallest absolute Gasteiger partial charge is 0.257 e. The Morgan fingerprint density at radius 1 is 0.972 bits per heavy atom. The summed E-state index contributed by atoms with van der Waals surface area (Å²) in [6, 6.07) is 14.5. The fourth-order valence-electron chi connectivity index (χ4n) is 4.11. The van der Waals surface area contributed by atoms with Crippen molar-refractivity contribution in [1.82, 2.24) is 0 Å². The number of carbonyl (C=O) groups is 2. The highest BCUT2D eigenvalue weighted by Crippen LogP contribution is 2.73. The maximum Gasteiger partial charge on any atom is 0.257 e. The SMILES string of the molecule is C=C(F)c1cc(C2C(Cl)(Cl)C2(C=O)CNc2ccc(Cl)c(C(=O)Nc3ccc(F)cc3)c2)ccc1Cl. The molecule has 2 atom stereocenters. The topological polar surface area (TPSA) is 58.2 Å². The van der Waals surface area contributed by atoms with Crippen LogP contribution in [-0.4, -0.2) is 23.1 Å². The zero-order valence-corrected chi connectivity index (χ0v) is 21.5. The Morgan fingerprint density at radius 2 is 1.58 bits per heavy atom. The van der Waals surface area contributed by atoms with E-state index in [1.165, 1.54) is 48.5 Å². The molecule has 0 spiro atoms. The summed E-state index contributed by atoms with van der Waals surface area (Å²) < 4.78 is 25.5. The summed E-state index contributed by atoms with van der Waals surface area (Å²) in [6.45, 7) is 3.29. The van der Waals surface area contributed by atoms with Gasteiger partial charge in [0.2, 0.25) is 0 Å². The van der Waals surface area contributed by atoms with Gasteiger partial charge in [0.1, 0.15) is 22.3 Å². The first kappa shape index (κ1) is 26.4. The Balaban J connectivity index is 1.54. The summed E-state index contributed by atoms with van der Waals surface area (Å²) in [5.41, 5.74) is 0.410. The number of hydrogen-bond donors (Lipinski definition) is 2. The number of aldehydes is 1. The molecule has 2 unspecified atom stereocenters. The van der Waals surface area contributed by atoms with Crippen LogP contribution in [0.1, 0.15) is 27.4 Å². The molecule has 1 amide bonds. The van der Waals surface area contributed by atoms with E-state index < -0.39 is 33.2 Å². The Hall–Kier alpha value is -2.64. The number of anilines is 2. The highest BCUT2D eigenvalue weighted by Gasteiger charge is 2.76. The largest absolute Gasteiger partial charge is 0.384 e. The van der Waals surface area contributed by atoms with Crippen molar-refractivity contribution < 1.29 is 18.4 Å². The van der Waals surface area contributed by atoms with E-state index in [0.29, 0.717) is 23.2 Å². The third-order valence-corrected chi connectivity index (χ3v) is 7.94. The molecule has 3 aromatic rings. The molecule has 3 aromatic carbocycles. The third-order valence-electron chi connectivity index (χ3n) is 6.14. The van der Waals surface area contributed by atoms with E-state index in [1.807, 2.05) is 0 Å². The van der Waals surface area contributed by atoms with Gasteiger partial charge < -0.3 is 15.4 Å². The van der Waals surface area contributed by atoms with Crippen LogP contribution in [0.4, 0.5) is 20.2 Å². The summed E-state index contributed by atoms with van der Waals surface area (Å²) in [6.07, 6.45) is 0.668. The molecule has 36 heavy (non-hydrogen) atoms. The van der Waals surface area contributed by atoms with Crippen LogP contribution in [0, 0.1) is 11.2 Å². The average molecular weight is 570 g/mol. The van der Waals surface area contributed by atoms with Gasteiger partial charge in [-0.25, -0.2) is 8.78 Å². The second kappa shape index (κ2) is 10.0. The molecule has 4 rings (SSSR count). The molecule has 1 aliphatic rings. The zero-order valence-electron chi connectivity index (χ0n) is 18.4. The van der Waals surface area contributed by atoms with Crippen molar-refractivity contribution >= 4 is 75.8 Å². The molecule has 186 valence electrons. The molecule has 4 nitrogen and oxygen atoms in total. The highest BCUT2D eigenvalue weighted by molar-refractivity contribution is 6.54. The van der Waals surface area contributed by atoms with Crippen molar-refractivity contribution in [2.45, 2.75) is 10.3 Å². The first-order valence-electron chi connectivity index (χ1n) is 10.6. The van der Waals surface area contributed by atoms with Crippen molar-refractivity contribution in [3.05, 3.63) is 99.8 Å². The fourth-order valence-corrected chi connectivity index (χ4v) is 5.51. The van der Waals surface area contributed by atoms with Gasteiger partial charge in [-0.1, -0.05) is 59.0 Å². The van der Waals surface area contributed by atoms with Crippen LogP contribution in [0.15, 0.2) is 67.2 Å². The van der Waals surface area contributed by atoms with Gasteiger partial charge in [0.15, 0.2) is 0 Å². The molecule has 1 aliphatic carbocycles. The Kier molecular flexibility index (Phi) is 7.35. The lowest BCUT2D eigenvalue weighted by Gasteiger charge is -2.15. The van der Waals surface area contributed by atoms with Gasteiger partial charge in [-0.2, -0.15) is 0 Å². The maximum atomic E-state index is 13.8. The summed E-state index contributed by atoms with van der Waals surface area (Å²) in [5.74, 6) is -2.31. The van der Waals surface area contributed by atoms with Crippen LogP contribution in [0.25, 0.3) is 5.83 Å². The number of hydrogen-bond acceptors (Lipinski definition) is 3. The summed E-state index contributed by atoms with van der Waals surface area (Å²) in [7, 11) is 0. The average Bonchev–Trinajstić information content (AvgIpc) is 3.34. The van der Waals surface area contributed by atoms with Gasteiger partial charge in [-0.3, -0.25) is 4.79 Å². The zero-order chi connectivity index (χ0) is 26.3. The van der Waals surface area contributed by atoms with Gasteiger partial charge in [0.25, 0.3) is 5.91 Å². The highest BCUT2D eigenvalue weighted by atomic mass is 35.5. The maximum absolute atomic E-state index is 13.8. The molecule has 1 fully saturated rings.